The Morgan fingerprint density at radius 1 is 1.39 bits per heavy atom. The molecule has 2 amide bonds. The van der Waals surface area contributed by atoms with Crippen LogP contribution in [-0.4, -0.2) is 76.0 Å². The van der Waals surface area contributed by atoms with E-state index >= 15 is 0 Å². The van der Waals surface area contributed by atoms with Crippen LogP contribution in [0.5, 0.6) is 5.75 Å². The van der Waals surface area contributed by atoms with Crippen molar-refractivity contribution in [1.82, 2.24) is 20.0 Å². The number of nitrogens with zero attached hydrogens (tertiary/aromatic N) is 3. The van der Waals surface area contributed by atoms with Crippen LogP contribution in [0.3, 0.4) is 0 Å². The second-order valence-corrected chi connectivity index (χ2v) is 7.50. The highest BCUT2D eigenvalue weighted by Gasteiger charge is 2.50. The Bertz CT molecular complexity index is 945. The minimum Gasteiger partial charge on any atom is -0.494 e. The van der Waals surface area contributed by atoms with Gasteiger partial charge in [0.2, 0.25) is 5.91 Å². The predicted octanol–water partition coefficient (Wildman–Crippen LogP) is 0.685. The molecular formula is C21H26N4O6. The summed E-state index contributed by atoms with van der Waals surface area (Å²) in [6.07, 6.45) is 4.24. The molecule has 1 aromatic carbocycles. The van der Waals surface area contributed by atoms with Crippen molar-refractivity contribution in [2.45, 2.75) is 25.4 Å². The minimum absolute atomic E-state index is 0.159. The average molecular weight is 430 g/mol. The smallest absolute Gasteiger partial charge is 0.290 e. The molecule has 2 aliphatic heterocycles. The summed E-state index contributed by atoms with van der Waals surface area (Å²) in [4.78, 5) is 35.6. The number of rotatable bonds is 3. The number of methoxy groups -OCH3 is 1. The highest BCUT2D eigenvalue weighted by atomic mass is 16.5. The lowest BCUT2D eigenvalue weighted by molar-refractivity contribution is -0.147. The number of hydrogen-bond donors (Lipinski definition) is 3. The van der Waals surface area contributed by atoms with E-state index in [1.807, 2.05) is 24.3 Å². The molecule has 2 atom stereocenters. The van der Waals surface area contributed by atoms with E-state index in [9.17, 15) is 14.7 Å². The van der Waals surface area contributed by atoms with Crippen LogP contribution < -0.4 is 10.1 Å². The molecule has 2 aliphatic rings. The second-order valence-electron chi connectivity index (χ2n) is 7.50. The van der Waals surface area contributed by atoms with Crippen LogP contribution in [0.4, 0.5) is 0 Å². The number of ether oxygens (including phenoxy) is 1. The summed E-state index contributed by atoms with van der Waals surface area (Å²) in [5, 5.41) is 24.5. The van der Waals surface area contributed by atoms with Gasteiger partial charge in [0.05, 0.1) is 30.4 Å². The molecule has 0 saturated carbocycles. The monoisotopic (exact) mass is 430 g/mol. The number of likely N-dealkylation sites (tertiary alicyclic amines) is 1. The average Bonchev–Trinajstić information content (AvgIpc) is 3.27. The maximum Gasteiger partial charge on any atom is 0.290 e. The maximum atomic E-state index is 13.1. The van der Waals surface area contributed by atoms with Gasteiger partial charge in [0.1, 0.15) is 11.4 Å². The number of aromatic nitrogens is 2. The molecule has 0 unspecified atom stereocenters. The number of hydrogen-bond acceptors (Lipinski definition) is 6. The van der Waals surface area contributed by atoms with Crippen molar-refractivity contribution in [2.75, 3.05) is 26.7 Å². The molecule has 0 aliphatic carbocycles. The molecule has 4 rings (SSSR count). The van der Waals surface area contributed by atoms with Crippen molar-refractivity contribution >= 4 is 18.3 Å². The number of nitrogens with one attached hydrogen (secondary N) is 1. The number of carbonyl (C=O) groups is 3. The Balaban J connectivity index is 0.000000858. The molecule has 166 valence electrons. The van der Waals surface area contributed by atoms with Gasteiger partial charge >= 0.3 is 0 Å². The van der Waals surface area contributed by atoms with Crippen molar-refractivity contribution in [3.63, 3.8) is 0 Å². The van der Waals surface area contributed by atoms with Crippen molar-refractivity contribution in [2.24, 2.45) is 5.41 Å². The molecule has 1 aromatic heterocycles. The van der Waals surface area contributed by atoms with Gasteiger partial charge in [-0.15, -0.1) is 0 Å². The van der Waals surface area contributed by atoms with Crippen LogP contribution >= 0.6 is 0 Å². The Hall–Kier alpha value is -3.40. The Kier molecular flexibility index (Phi) is 6.91. The highest BCUT2D eigenvalue weighted by molar-refractivity contribution is 5.95. The first kappa shape index (κ1) is 22.3. The van der Waals surface area contributed by atoms with Crippen molar-refractivity contribution in [3.8, 4) is 11.4 Å². The molecule has 31 heavy (non-hydrogen) atoms. The van der Waals surface area contributed by atoms with Crippen LogP contribution in [0, 0.1) is 5.41 Å². The normalized spacial score (nSPS) is 22.8. The van der Waals surface area contributed by atoms with Crippen LogP contribution in [0.15, 0.2) is 36.7 Å². The minimum atomic E-state index is -0.912. The number of amides is 2. The molecule has 2 aromatic rings. The standard InChI is InChI=1S/C20H24N4O4.CH2O2/c1-28-16-6-3-2-5-15(16)24-12-14(11-22-24)18(26)23-10-7-17(25)20(13-23)8-4-9-21-19(20)27;2-1-3/h2-3,5-6,11-12,17,25H,4,7-10,13H2,1H3,(H,21,27);1H,(H,2,3)/t17-,20+;/m0./s1. The first-order valence-corrected chi connectivity index (χ1v) is 9.98. The lowest BCUT2D eigenvalue weighted by Gasteiger charge is -2.46. The number of piperidine rings is 2. The van der Waals surface area contributed by atoms with E-state index in [4.69, 9.17) is 14.6 Å². The molecule has 1 spiro atoms. The lowest BCUT2D eigenvalue weighted by atomic mass is 9.71. The molecule has 3 heterocycles. The van der Waals surface area contributed by atoms with E-state index in [2.05, 4.69) is 10.4 Å². The van der Waals surface area contributed by atoms with Crippen molar-refractivity contribution in [3.05, 3.63) is 42.2 Å². The van der Waals surface area contributed by atoms with Crippen LogP contribution in [0.2, 0.25) is 0 Å². The van der Waals surface area contributed by atoms with Crippen molar-refractivity contribution in [1.29, 1.82) is 0 Å². The molecule has 10 nitrogen and oxygen atoms in total. The van der Waals surface area contributed by atoms with Crippen LogP contribution in [0.25, 0.3) is 5.69 Å². The van der Waals surface area contributed by atoms with Gasteiger partial charge in [-0.05, 0) is 31.4 Å². The Morgan fingerprint density at radius 3 is 2.84 bits per heavy atom. The van der Waals surface area contributed by atoms with Gasteiger partial charge in [-0.2, -0.15) is 5.10 Å². The maximum absolute atomic E-state index is 13.1. The van der Waals surface area contributed by atoms with Gasteiger partial charge in [0, 0.05) is 25.8 Å². The van der Waals surface area contributed by atoms with E-state index in [-0.39, 0.29) is 24.8 Å². The number of benzene rings is 1. The fourth-order valence-corrected chi connectivity index (χ4v) is 4.18. The molecule has 10 heteroatoms. The van der Waals surface area contributed by atoms with Gasteiger partial charge in [-0.25, -0.2) is 4.68 Å². The van der Waals surface area contributed by atoms with Crippen LogP contribution in [-0.2, 0) is 9.59 Å². The third kappa shape index (κ3) is 4.38. The Morgan fingerprint density at radius 2 is 2.13 bits per heavy atom. The quantitative estimate of drug-likeness (QED) is 0.610. The lowest BCUT2D eigenvalue weighted by Crippen LogP contribution is -2.62. The summed E-state index contributed by atoms with van der Waals surface area (Å²) in [5.41, 5.74) is 0.264. The van der Waals surface area contributed by atoms with Crippen LogP contribution in [0.1, 0.15) is 29.6 Å². The predicted molar refractivity (Wildman–Crippen MR) is 110 cm³/mol. The largest absolute Gasteiger partial charge is 0.494 e. The Labute approximate surface area is 179 Å². The zero-order valence-corrected chi connectivity index (χ0v) is 17.2. The fourth-order valence-electron chi connectivity index (χ4n) is 4.18. The number of carboxylic acid groups (broad SMARTS) is 1. The zero-order chi connectivity index (χ0) is 22.4. The molecule has 2 fully saturated rings. The summed E-state index contributed by atoms with van der Waals surface area (Å²) >= 11 is 0. The number of para-hydroxylation sites is 2. The van der Waals surface area contributed by atoms with Crippen molar-refractivity contribution < 1.29 is 29.3 Å². The van der Waals surface area contributed by atoms with Gasteiger partial charge in [0.25, 0.3) is 12.4 Å². The van der Waals surface area contributed by atoms with E-state index in [1.165, 1.54) is 6.20 Å². The fraction of sp³-hybridized carbons (Fsp3) is 0.429. The molecule has 0 radical (unpaired) electrons. The molecular weight excluding hydrogens is 404 g/mol. The van der Waals surface area contributed by atoms with Gasteiger partial charge in [0.15, 0.2) is 0 Å². The SMILES string of the molecule is COc1ccccc1-n1cc(C(=O)N2CC[C@H](O)[C@@]3(CCCNC3=O)C2)cn1.O=CO. The summed E-state index contributed by atoms with van der Waals surface area (Å²) in [6, 6.07) is 7.43. The highest BCUT2D eigenvalue weighted by Crippen LogP contribution is 2.37. The molecule has 0 bridgehead atoms. The van der Waals surface area contributed by atoms with E-state index in [0.29, 0.717) is 37.2 Å². The van der Waals surface area contributed by atoms with Gasteiger partial charge < -0.3 is 25.2 Å². The number of aliphatic hydroxyl groups excluding tert-OH is 1. The zero-order valence-electron chi connectivity index (χ0n) is 17.2. The van der Waals surface area contributed by atoms with E-state index in [0.717, 1.165) is 12.1 Å². The number of carbonyl (C=O) groups excluding carboxylic acids is 2. The van der Waals surface area contributed by atoms with Gasteiger partial charge in [-0.1, -0.05) is 12.1 Å². The second kappa shape index (κ2) is 9.61. The summed E-state index contributed by atoms with van der Waals surface area (Å²) in [6.45, 7) is 1.00. The summed E-state index contributed by atoms with van der Waals surface area (Å²) < 4.78 is 6.96. The first-order valence-electron chi connectivity index (χ1n) is 9.98. The summed E-state index contributed by atoms with van der Waals surface area (Å²) in [5.74, 6) is 0.308. The summed E-state index contributed by atoms with van der Waals surface area (Å²) in [7, 11) is 1.59. The van der Waals surface area contributed by atoms with E-state index < -0.39 is 11.5 Å². The molecule has 2 saturated heterocycles. The van der Waals surface area contributed by atoms with Gasteiger partial charge in [-0.3, -0.25) is 14.4 Å². The topological polar surface area (TPSA) is 134 Å². The first-order chi connectivity index (χ1) is 15.0. The molecule has 3 N–H and O–H groups in total. The number of aliphatic hydroxyl groups is 1. The third-order valence-electron chi connectivity index (χ3n) is 5.77. The van der Waals surface area contributed by atoms with E-state index in [1.54, 1.807) is 22.9 Å². The third-order valence-corrected chi connectivity index (χ3v) is 5.77.